The molecule has 2 amide bonds. The Hall–Kier alpha value is -1.34. The Kier molecular flexibility index (Phi) is 4.60. The van der Waals surface area contributed by atoms with Crippen LogP contribution in [0.5, 0.6) is 0 Å². The van der Waals surface area contributed by atoms with Gasteiger partial charge in [0.25, 0.3) is 5.91 Å². The van der Waals surface area contributed by atoms with Gasteiger partial charge in [0.2, 0.25) is 5.91 Å². The van der Waals surface area contributed by atoms with Crippen LogP contribution in [0.15, 0.2) is 21.2 Å². The van der Waals surface area contributed by atoms with Crippen LogP contribution in [0.4, 0.5) is 0 Å². The number of nitrogens with zero attached hydrogens (tertiary/aromatic N) is 1. The molecule has 0 saturated heterocycles. The fourth-order valence-corrected chi connectivity index (χ4v) is 2.09. The van der Waals surface area contributed by atoms with E-state index in [9.17, 15) is 9.59 Å². The summed E-state index contributed by atoms with van der Waals surface area (Å²) in [4.78, 5) is 25.2. The molecule has 1 aromatic heterocycles. The van der Waals surface area contributed by atoms with E-state index in [1.807, 2.05) is 0 Å². The highest BCUT2D eigenvalue weighted by Gasteiger charge is 2.32. The Morgan fingerprint density at radius 2 is 2.21 bits per heavy atom. The number of aliphatic hydroxyl groups is 1. The predicted molar refractivity (Wildman–Crippen MR) is 70.6 cm³/mol. The Bertz CT molecular complexity index is 470. The highest BCUT2D eigenvalue weighted by molar-refractivity contribution is 9.10. The third-order valence-electron chi connectivity index (χ3n) is 2.85. The van der Waals surface area contributed by atoms with Crippen molar-refractivity contribution in [2.75, 3.05) is 19.7 Å². The molecule has 1 fully saturated rings. The van der Waals surface area contributed by atoms with Crippen molar-refractivity contribution < 1.29 is 19.1 Å². The zero-order valence-electron chi connectivity index (χ0n) is 10.3. The van der Waals surface area contributed by atoms with Gasteiger partial charge in [-0.2, -0.15) is 0 Å². The van der Waals surface area contributed by atoms with Gasteiger partial charge in [0, 0.05) is 12.6 Å². The van der Waals surface area contributed by atoms with Gasteiger partial charge in [0.15, 0.2) is 10.4 Å². The first-order valence-corrected chi connectivity index (χ1v) is 6.85. The molecule has 6 nitrogen and oxygen atoms in total. The molecule has 104 valence electrons. The average Bonchev–Trinajstić information content (AvgIpc) is 3.14. The van der Waals surface area contributed by atoms with Crippen LogP contribution in [-0.2, 0) is 4.79 Å². The molecule has 1 aromatic rings. The van der Waals surface area contributed by atoms with Gasteiger partial charge >= 0.3 is 0 Å². The zero-order chi connectivity index (χ0) is 13.8. The quantitative estimate of drug-likeness (QED) is 0.806. The Morgan fingerprint density at radius 3 is 2.74 bits per heavy atom. The Balaban J connectivity index is 1.83. The molecule has 1 aliphatic carbocycles. The lowest BCUT2D eigenvalue weighted by Gasteiger charge is -2.21. The topological polar surface area (TPSA) is 82.8 Å². The maximum absolute atomic E-state index is 11.9. The van der Waals surface area contributed by atoms with E-state index in [2.05, 4.69) is 21.2 Å². The molecule has 0 atom stereocenters. The van der Waals surface area contributed by atoms with E-state index in [1.54, 1.807) is 11.0 Å². The minimum atomic E-state index is -0.432. The number of halogens is 1. The van der Waals surface area contributed by atoms with Crippen LogP contribution >= 0.6 is 15.9 Å². The maximum atomic E-state index is 11.9. The summed E-state index contributed by atoms with van der Waals surface area (Å²) in [5.74, 6) is -0.464. The Morgan fingerprint density at radius 1 is 1.47 bits per heavy atom. The largest absolute Gasteiger partial charge is 0.444 e. The van der Waals surface area contributed by atoms with Crippen LogP contribution in [0.25, 0.3) is 0 Å². The third kappa shape index (κ3) is 3.81. The summed E-state index contributed by atoms with van der Waals surface area (Å²) in [7, 11) is 0. The van der Waals surface area contributed by atoms with Crippen molar-refractivity contribution in [1.82, 2.24) is 10.2 Å². The fourth-order valence-electron chi connectivity index (χ4n) is 1.79. The summed E-state index contributed by atoms with van der Waals surface area (Å²) in [5, 5.41) is 11.4. The molecule has 19 heavy (non-hydrogen) atoms. The van der Waals surface area contributed by atoms with Crippen LogP contribution < -0.4 is 5.32 Å². The molecule has 0 aliphatic heterocycles. The van der Waals surface area contributed by atoms with Gasteiger partial charge in [-0.1, -0.05) is 0 Å². The van der Waals surface area contributed by atoms with Crippen molar-refractivity contribution >= 4 is 27.7 Å². The fraction of sp³-hybridized carbons (Fsp3) is 0.500. The standard InChI is InChI=1S/C12H15BrN2O4/c13-10-4-3-9(19-10)12(18)14-7-11(17)15(5-6-16)8-1-2-8/h3-4,8,16H,1-2,5-7H2,(H,14,18). The maximum Gasteiger partial charge on any atom is 0.287 e. The third-order valence-corrected chi connectivity index (χ3v) is 3.27. The average molecular weight is 331 g/mol. The molecule has 0 spiro atoms. The monoisotopic (exact) mass is 330 g/mol. The number of amides is 2. The van der Waals surface area contributed by atoms with Crippen molar-refractivity contribution in [3.63, 3.8) is 0 Å². The number of carbonyl (C=O) groups is 2. The molecule has 7 heteroatoms. The van der Waals surface area contributed by atoms with Crippen LogP contribution in [0.2, 0.25) is 0 Å². The number of nitrogens with one attached hydrogen (secondary N) is 1. The van der Waals surface area contributed by atoms with Gasteiger partial charge in [0.05, 0.1) is 13.2 Å². The number of furan rings is 1. The first-order valence-electron chi connectivity index (χ1n) is 6.05. The minimum absolute atomic E-state index is 0.0681. The summed E-state index contributed by atoms with van der Waals surface area (Å²) in [6.07, 6.45) is 1.93. The van der Waals surface area contributed by atoms with Crippen molar-refractivity contribution in [1.29, 1.82) is 0 Å². The molecular weight excluding hydrogens is 316 g/mol. The Labute approximate surface area is 118 Å². The number of carbonyl (C=O) groups excluding carboxylic acids is 2. The second-order valence-electron chi connectivity index (χ2n) is 4.33. The van der Waals surface area contributed by atoms with E-state index >= 15 is 0 Å². The lowest BCUT2D eigenvalue weighted by Crippen LogP contribution is -2.42. The normalized spacial score (nSPS) is 14.2. The summed E-state index contributed by atoms with van der Waals surface area (Å²) >= 11 is 3.10. The van der Waals surface area contributed by atoms with E-state index in [-0.39, 0.29) is 30.9 Å². The molecule has 2 rings (SSSR count). The van der Waals surface area contributed by atoms with Gasteiger partial charge in [0.1, 0.15) is 0 Å². The lowest BCUT2D eigenvalue weighted by atomic mass is 10.4. The van der Waals surface area contributed by atoms with E-state index in [1.165, 1.54) is 6.07 Å². The van der Waals surface area contributed by atoms with Gasteiger partial charge in [-0.05, 0) is 40.9 Å². The van der Waals surface area contributed by atoms with Crippen molar-refractivity contribution in [2.24, 2.45) is 0 Å². The SMILES string of the molecule is O=C(NCC(=O)N(CCO)C1CC1)c1ccc(Br)o1. The molecule has 1 saturated carbocycles. The van der Waals surface area contributed by atoms with E-state index in [0.717, 1.165) is 12.8 Å². The highest BCUT2D eigenvalue weighted by atomic mass is 79.9. The zero-order valence-corrected chi connectivity index (χ0v) is 11.9. The van der Waals surface area contributed by atoms with Crippen LogP contribution in [0.1, 0.15) is 23.4 Å². The summed E-state index contributed by atoms with van der Waals surface area (Å²) in [6, 6.07) is 3.35. The van der Waals surface area contributed by atoms with Crippen molar-refractivity contribution in [3.05, 3.63) is 22.6 Å². The van der Waals surface area contributed by atoms with Crippen LogP contribution in [0.3, 0.4) is 0 Å². The molecule has 1 aliphatic rings. The molecular formula is C12H15BrN2O4. The van der Waals surface area contributed by atoms with Crippen molar-refractivity contribution in [2.45, 2.75) is 18.9 Å². The summed E-state index contributed by atoms with van der Waals surface area (Å²) in [6.45, 7) is 0.153. The van der Waals surface area contributed by atoms with E-state index in [4.69, 9.17) is 9.52 Å². The first-order chi connectivity index (χ1) is 9.11. The molecule has 0 unspecified atom stereocenters. The predicted octanol–water partition coefficient (Wildman–Crippen LogP) is 0.755. The second kappa shape index (κ2) is 6.21. The molecule has 0 radical (unpaired) electrons. The van der Waals surface area contributed by atoms with Crippen LogP contribution in [-0.4, -0.2) is 47.6 Å². The number of rotatable bonds is 6. The minimum Gasteiger partial charge on any atom is -0.444 e. The second-order valence-corrected chi connectivity index (χ2v) is 5.11. The molecule has 0 aromatic carbocycles. The molecule has 0 bridgehead atoms. The van der Waals surface area contributed by atoms with Gasteiger partial charge in [-0.15, -0.1) is 0 Å². The number of hydrogen-bond donors (Lipinski definition) is 2. The van der Waals surface area contributed by atoms with Crippen LogP contribution in [0, 0.1) is 0 Å². The van der Waals surface area contributed by atoms with Crippen molar-refractivity contribution in [3.8, 4) is 0 Å². The van der Waals surface area contributed by atoms with Gasteiger partial charge in [-0.25, -0.2) is 0 Å². The summed E-state index contributed by atoms with van der Waals surface area (Å²) < 4.78 is 5.55. The van der Waals surface area contributed by atoms with Gasteiger partial charge in [-0.3, -0.25) is 9.59 Å². The smallest absolute Gasteiger partial charge is 0.287 e. The van der Waals surface area contributed by atoms with Gasteiger partial charge < -0.3 is 19.7 Å². The van der Waals surface area contributed by atoms with E-state index in [0.29, 0.717) is 11.2 Å². The number of aliphatic hydroxyl groups excluding tert-OH is 1. The number of hydrogen-bond acceptors (Lipinski definition) is 4. The first kappa shape index (κ1) is 14.1. The summed E-state index contributed by atoms with van der Waals surface area (Å²) in [5.41, 5.74) is 0. The lowest BCUT2D eigenvalue weighted by molar-refractivity contribution is -0.131. The highest BCUT2D eigenvalue weighted by Crippen LogP contribution is 2.26. The molecule has 1 heterocycles. The molecule has 2 N–H and O–H groups in total. The van der Waals surface area contributed by atoms with E-state index < -0.39 is 5.91 Å².